The van der Waals surface area contributed by atoms with Gasteiger partial charge in [0.15, 0.2) is 0 Å². The minimum absolute atomic E-state index is 0.000995. The van der Waals surface area contributed by atoms with Gasteiger partial charge in [-0.15, -0.1) is 0 Å². The minimum Gasteiger partial charge on any atom is -0.453 e. The molecule has 1 aliphatic carbocycles. The van der Waals surface area contributed by atoms with Gasteiger partial charge in [-0.3, -0.25) is 9.59 Å². The Hall–Kier alpha value is -2.81. The van der Waals surface area contributed by atoms with Gasteiger partial charge < -0.3 is 30.1 Å². The molecule has 0 bridgehead atoms. The fraction of sp³-hybridized carbons (Fsp3) is 0.640. The zero-order valence-electron chi connectivity index (χ0n) is 20.2. The highest BCUT2D eigenvalue weighted by molar-refractivity contribution is 6.00. The molecule has 3 aliphatic rings. The van der Waals surface area contributed by atoms with Crippen LogP contribution in [0.5, 0.6) is 0 Å². The molecular weight excluding hydrogens is 434 g/mol. The summed E-state index contributed by atoms with van der Waals surface area (Å²) >= 11 is 0. The maximum absolute atomic E-state index is 13.2. The van der Waals surface area contributed by atoms with Crippen LogP contribution in [0.15, 0.2) is 18.2 Å². The summed E-state index contributed by atoms with van der Waals surface area (Å²) in [5.74, 6) is 0.0606. The van der Waals surface area contributed by atoms with E-state index in [4.69, 9.17) is 4.74 Å². The van der Waals surface area contributed by atoms with Gasteiger partial charge in [0.1, 0.15) is 0 Å². The number of piperazine rings is 1. The number of carbonyl (C=O) groups is 3. The quantitative estimate of drug-likeness (QED) is 0.701. The van der Waals surface area contributed by atoms with Gasteiger partial charge in [0.05, 0.1) is 18.5 Å². The molecule has 2 heterocycles. The van der Waals surface area contributed by atoms with Crippen LogP contribution in [0.1, 0.15) is 48.9 Å². The first kappa shape index (κ1) is 24.3. The molecule has 0 unspecified atom stereocenters. The number of rotatable bonds is 4. The monoisotopic (exact) mass is 471 g/mol. The number of methoxy groups -OCH3 is 1. The summed E-state index contributed by atoms with van der Waals surface area (Å²) < 4.78 is 4.85. The van der Waals surface area contributed by atoms with Gasteiger partial charge in [0, 0.05) is 57.3 Å². The molecule has 1 saturated carbocycles. The van der Waals surface area contributed by atoms with Crippen molar-refractivity contribution in [3.05, 3.63) is 23.8 Å². The number of benzene rings is 1. The standard InChI is InChI=1S/C25H37N5O4/c1-34-25(33)30-16-14-28(15-17-30)22-9-8-20(24(32)29-12-5-10-26-11-13-29)18-21(22)27-23(31)19-6-3-2-4-7-19/h8-9,18-19,26H,2-7,10-17H2,1H3,(H,27,31). The fourth-order valence-electron chi connectivity index (χ4n) is 5.13. The van der Waals surface area contributed by atoms with Gasteiger partial charge in [-0.05, 0) is 44.0 Å². The molecule has 186 valence electrons. The van der Waals surface area contributed by atoms with E-state index in [1.165, 1.54) is 13.5 Å². The van der Waals surface area contributed by atoms with Crippen LogP contribution in [0.2, 0.25) is 0 Å². The molecule has 0 spiro atoms. The van der Waals surface area contributed by atoms with Crippen LogP contribution in [-0.2, 0) is 9.53 Å². The van der Waals surface area contributed by atoms with Crippen molar-refractivity contribution in [2.24, 2.45) is 5.92 Å². The van der Waals surface area contributed by atoms with Crippen molar-refractivity contribution >= 4 is 29.3 Å². The number of hydrogen-bond donors (Lipinski definition) is 2. The molecule has 2 N–H and O–H groups in total. The van der Waals surface area contributed by atoms with Crippen LogP contribution >= 0.6 is 0 Å². The molecule has 3 amide bonds. The van der Waals surface area contributed by atoms with E-state index in [1.54, 1.807) is 4.90 Å². The number of ether oxygens (including phenoxy) is 1. The zero-order chi connectivity index (χ0) is 23.9. The molecule has 2 aliphatic heterocycles. The van der Waals surface area contributed by atoms with Crippen molar-refractivity contribution in [3.63, 3.8) is 0 Å². The van der Waals surface area contributed by atoms with Crippen molar-refractivity contribution < 1.29 is 19.1 Å². The third kappa shape index (κ3) is 5.81. The van der Waals surface area contributed by atoms with E-state index >= 15 is 0 Å². The summed E-state index contributed by atoms with van der Waals surface area (Å²) in [5, 5.41) is 6.50. The predicted molar refractivity (Wildman–Crippen MR) is 131 cm³/mol. The number of nitrogens with zero attached hydrogens (tertiary/aromatic N) is 3. The SMILES string of the molecule is COC(=O)N1CCN(c2ccc(C(=O)N3CCCNCC3)cc2NC(=O)C2CCCCC2)CC1. The van der Waals surface area contributed by atoms with Crippen LogP contribution in [0, 0.1) is 5.92 Å². The average molecular weight is 472 g/mol. The van der Waals surface area contributed by atoms with Crippen molar-refractivity contribution in [3.8, 4) is 0 Å². The Morgan fingerprint density at radius 3 is 2.41 bits per heavy atom. The van der Waals surface area contributed by atoms with Gasteiger partial charge in [-0.25, -0.2) is 4.79 Å². The molecule has 4 rings (SSSR count). The Morgan fingerprint density at radius 2 is 1.68 bits per heavy atom. The highest BCUT2D eigenvalue weighted by Gasteiger charge is 2.27. The second-order valence-electron chi connectivity index (χ2n) is 9.40. The summed E-state index contributed by atoms with van der Waals surface area (Å²) in [4.78, 5) is 44.0. The Bertz CT molecular complexity index is 870. The van der Waals surface area contributed by atoms with Gasteiger partial charge >= 0.3 is 6.09 Å². The summed E-state index contributed by atoms with van der Waals surface area (Å²) in [6.45, 7) is 5.47. The normalized spacial score (nSPS) is 20.0. The van der Waals surface area contributed by atoms with Gasteiger partial charge in [0.25, 0.3) is 5.91 Å². The third-order valence-corrected chi connectivity index (χ3v) is 7.16. The molecular formula is C25H37N5O4. The summed E-state index contributed by atoms with van der Waals surface area (Å²) in [6.07, 6.45) is 5.80. The Balaban J connectivity index is 1.55. The first-order valence-electron chi connectivity index (χ1n) is 12.6. The Labute approximate surface area is 201 Å². The zero-order valence-corrected chi connectivity index (χ0v) is 20.2. The van der Waals surface area contributed by atoms with E-state index < -0.39 is 0 Å². The highest BCUT2D eigenvalue weighted by Crippen LogP contribution is 2.31. The first-order chi connectivity index (χ1) is 16.6. The van der Waals surface area contributed by atoms with Crippen molar-refractivity contribution in [1.29, 1.82) is 0 Å². The van der Waals surface area contributed by atoms with Crippen molar-refractivity contribution in [2.45, 2.75) is 38.5 Å². The first-order valence-corrected chi connectivity index (χ1v) is 12.6. The maximum atomic E-state index is 13.2. The number of anilines is 2. The fourth-order valence-corrected chi connectivity index (χ4v) is 5.13. The summed E-state index contributed by atoms with van der Waals surface area (Å²) in [6, 6.07) is 5.63. The highest BCUT2D eigenvalue weighted by atomic mass is 16.5. The Kier molecular flexibility index (Phi) is 8.26. The van der Waals surface area contributed by atoms with E-state index in [0.29, 0.717) is 44.0 Å². The van der Waals surface area contributed by atoms with E-state index in [2.05, 4.69) is 15.5 Å². The predicted octanol–water partition coefficient (Wildman–Crippen LogP) is 2.53. The van der Waals surface area contributed by atoms with E-state index in [1.807, 2.05) is 23.1 Å². The minimum atomic E-state index is -0.321. The lowest BCUT2D eigenvalue weighted by molar-refractivity contribution is -0.120. The molecule has 9 heteroatoms. The van der Waals surface area contributed by atoms with Crippen LogP contribution in [0.25, 0.3) is 0 Å². The van der Waals surface area contributed by atoms with Gasteiger partial charge in [-0.1, -0.05) is 19.3 Å². The summed E-state index contributed by atoms with van der Waals surface area (Å²) in [5.41, 5.74) is 2.17. The number of amides is 3. The smallest absolute Gasteiger partial charge is 0.409 e. The number of nitrogens with one attached hydrogen (secondary N) is 2. The second-order valence-corrected chi connectivity index (χ2v) is 9.40. The average Bonchev–Trinajstić information content (AvgIpc) is 3.18. The van der Waals surface area contributed by atoms with Gasteiger partial charge in [0.2, 0.25) is 5.91 Å². The topological polar surface area (TPSA) is 94.2 Å². The molecule has 3 fully saturated rings. The summed E-state index contributed by atoms with van der Waals surface area (Å²) in [7, 11) is 1.39. The van der Waals surface area contributed by atoms with E-state index in [0.717, 1.165) is 57.4 Å². The molecule has 1 aromatic carbocycles. The molecule has 2 saturated heterocycles. The molecule has 0 atom stereocenters. The second kappa shape index (κ2) is 11.6. The number of carbonyl (C=O) groups excluding carboxylic acids is 3. The molecule has 0 radical (unpaired) electrons. The largest absolute Gasteiger partial charge is 0.453 e. The molecule has 0 aromatic heterocycles. The van der Waals surface area contributed by atoms with Gasteiger partial charge in [-0.2, -0.15) is 0 Å². The van der Waals surface area contributed by atoms with Crippen LogP contribution in [-0.4, -0.2) is 87.2 Å². The van der Waals surface area contributed by atoms with Crippen LogP contribution < -0.4 is 15.5 Å². The van der Waals surface area contributed by atoms with E-state index in [9.17, 15) is 14.4 Å². The maximum Gasteiger partial charge on any atom is 0.409 e. The van der Waals surface area contributed by atoms with Crippen LogP contribution in [0.4, 0.5) is 16.2 Å². The van der Waals surface area contributed by atoms with E-state index in [-0.39, 0.29) is 23.8 Å². The molecule has 34 heavy (non-hydrogen) atoms. The lowest BCUT2D eigenvalue weighted by atomic mass is 9.88. The van der Waals surface area contributed by atoms with Crippen molar-refractivity contribution in [2.75, 3.05) is 69.7 Å². The Morgan fingerprint density at radius 1 is 0.912 bits per heavy atom. The lowest BCUT2D eigenvalue weighted by Crippen LogP contribution is -2.49. The third-order valence-electron chi connectivity index (χ3n) is 7.16. The van der Waals surface area contributed by atoms with Crippen molar-refractivity contribution in [1.82, 2.24) is 15.1 Å². The lowest BCUT2D eigenvalue weighted by Gasteiger charge is -2.36. The number of hydrogen-bond acceptors (Lipinski definition) is 6. The van der Waals surface area contributed by atoms with Crippen LogP contribution in [0.3, 0.4) is 0 Å². The molecule has 1 aromatic rings. The molecule has 9 nitrogen and oxygen atoms in total.